The van der Waals surface area contributed by atoms with Gasteiger partial charge in [-0.05, 0) is 31.0 Å². The standard InChI is InChI=1S/C13H17N5O/c1-9-5-6-14-12(9)13(19)15-8-11-17-16-10-4-2-3-7-18(10)11/h2-4,7,9,12,14H,5-6,8H2,1H3,(H,15,19). The van der Waals surface area contributed by atoms with Crippen molar-refractivity contribution in [3.05, 3.63) is 30.2 Å². The van der Waals surface area contributed by atoms with E-state index in [-0.39, 0.29) is 11.9 Å². The minimum atomic E-state index is -0.0841. The van der Waals surface area contributed by atoms with Crippen LogP contribution in [0.3, 0.4) is 0 Å². The second kappa shape index (κ2) is 4.97. The molecule has 0 aromatic carbocycles. The maximum Gasteiger partial charge on any atom is 0.237 e. The highest BCUT2D eigenvalue weighted by Gasteiger charge is 2.29. The molecule has 19 heavy (non-hydrogen) atoms. The number of nitrogens with one attached hydrogen (secondary N) is 2. The zero-order valence-corrected chi connectivity index (χ0v) is 10.8. The van der Waals surface area contributed by atoms with Gasteiger partial charge >= 0.3 is 0 Å². The third-order valence-corrected chi connectivity index (χ3v) is 3.62. The first-order valence-electron chi connectivity index (χ1n) is 6.55. The minimum Gasteiger partial charge on any atom is -0.347 e. The monoisotopic (exact) mass is 259 g/mol. The fourth-order valence-electron chi connectivity index (χ4n) is 2.47. The highest BCUT2D eigenvalue weighted by Crippen LogP contribution is 2.14. The fraction of sp³-hybridized carbons (Fsp3) is 0.462. The Bertz CT molecular complexity index is 593. The molecule has 2 aromatic rings. The van der Waals surface area contributed by atoms with Crippen LogP contribution in [0.15, 0.2) is 24.4 Å². The second-order valence-corrected chi connectivity index (χ2v) is 4.96. The molecule has 1 aliphatic rings. The van der Waals surface area contributed by atoms with Gasteiger partial charge in [0.05, 0.1) is 12.6 Å². The highest BCUT2D eigenvalue weighted by atomic mass is 16.2. The van der Waals surface area contributed by atoms with Gasteiger partial charge in [0.25, 0.3) is 0 Å². The van der Waals surface area contributed by atoms with Crippen molar-refractivity contribution in [1.29, 1.82) is 0 Å². The molecule has 3 heterocycles. The van der Waals surface area contributed by atoms with E-state index in [1.54, 1.807) is 0 Å². The summed E-state index contributed by atoms with van der Waals surface area (Å²) < 4.78 is 1.88. The van der Waals surface area contributed by atoms with Gasteiger partial charge in [0, 0.05) is 6.20 Å². The van der Waals surface area contributed by atoms with Crippen LogP contribution < -0.4 is 10.6 Å². The molecule has 3 rings (SSSR count). The predicted octanol–water partition coefficient (Wildman–Crippen LogP) is 0.343. The van der Waals surface area contributed by atoms with Crippen LogP contribution in [0, 0.1) is 5.92 Å². The summed E-state index contributed by atoms with van der Waals surface area (Å²) in [4.78, 5) is 12.1. The smallest absolute Gasteiger partial charge is 0.237 e. The highest BCUT2D eigenvalue weighted by molar-refractivity contribution is 5.82. The normalized spacial score (nSPS) is 22.8. The average Bonchev–Trinajstić information content (AvgIpc) is 3.02. The molecule has 0 aliphatic carbocycles. The van der Waals surface area contributed by atoms with E-state index in [2.05, 4.69) is 27.8 Å². The molecule has 100 valence electrons. The first-order valence-corrected chi connectivity index (χ1v) is 6.55. The molecule has 0 saturated carbocycles. The van der Waals surface area contributed by atoms with Crippen molar-refractivity contribution in [2.24, 2.45) is 5.92 Å². The zero-order valence-electron chi connectivity index (χ0n) is 10.8. The Morgan fingerprint density at radius 1 is 1.53 bits per heavy atom. The number of pyridine rings is 1. The van der Waals surface area contributed by atoms with Crippen LogP contribution in [0.25, 0.3) is 5.65 Å². The van der Waals surface area contributed by atoms with Gasteiger partial charge in [-0.25, -0.2) is 0 Å². The molecule has 0 bridgehead atoms. The maximum absolute atomic E-state index is 12.1. The van der Waals surface area contributed by atoms with E-state index in [1.807, 2.05) is 28.8 Å². The average molecular weight is 259 g/mol. The predicted molar refractivity (Wildman–Crippen MR) is 70.4 cm³/mol. The number of rotatable bonds is 3. The summed E-state index contributed by atoms with van der Waals surface area (Å²) in [7, 11) is 0. The molecule has 6 nitrogen and oxygen atoms in total. The molecule has 6 heteroatoms. The van der Waals surface area contributed by atoms with Crippen LogP contribution in [0.2, 0.25) is 0 Å². The largest absolute Gasteiger partial charge is 0.347 e. The Morgan fingerprint density at radius 2 is 2.42 bits per heavy atom. The molecule has 2 N–H and O–H groups in total. The third kappa shape index (κ3) is 2.31. The SMILES string of the molecule is CC1CCNC1C(=O)NCc1nnc2ccccn12. The van der Waals surface area contributed by atoms with Gasteiger partial charge in [0.15, 0.2) is 11.5 Å². The van der Waals surface area contributed by atoms with Crippen molar-refractivity contribution in [3.63, 3.8) is 0 Å². The lowest BCUT2D eigenvalue weighted by Crippen LogP contribution is -2.43. The van der Waals surface area contributed by atoms with E-state index >= 15 is 0 Å². The Balaban J connectivity index is 1.67. The van der Waals surface area contributed by atoms with Gasteiger partial charge in [-0.15, -0.1) is 10.2 Å². The van der Waals surface area contributed by atoms with Gasteiger partial charge in [-0.1, -0.05) is 13.0 Å². The lowest BCUT2D eigenvalue weighted by atomic mass is 10.0. The topological polar surface area (TPSA) is 71.3 Å². The quantitative estimate of drug-likeness (QED) is 0.834. The van der Waals surface area contributed by atoms with Gasteiger partial charge < -0.3 is 10.6 Å². The Morgan fingerprint density at radius 3 is 3.21 bits per heavy atom. The van der Waals surface area contributed by atoms with Crippen LogP contribution >= 0.6 is 0 Å². The van der Waals surface area contributed by atoms with Gasteiger partial charge in [-0.2, -0.15) is 0 Å². The second-order valence-electron chi connectivity index (χ2n) is 4.96. The number of amides is 1. The van der Waals surface area contributed by atoms with E-state index in [1.165, 1.54) is 0 Å². The molecule has 1 fully saturated rings. The molecule has 2 aromatic heterocycles. The first-order chi connectivity index (χ1) is 9.25. The summed E-state index contributed by atoms with van der Waals surface area (Å²) >= 11 is 0. The number of carbonyl (C=O) groups excluding carboxylic acids is 1. The number of hydrogen-bond acceptors (Lipinski definition) is 4. The van der Waals surface area contributed by atoms with E-state index in [4.69, 9.17) is 0 Å². The number of hydrogen-bond donors (Lipinski definition) is 2. The molecule has 2 atom stereocenters. The van der Waals surface area contributed by atoms with E-state index in [0.29, 0.717) is 12.5 Å². The van der Waals surface area contributed by atoms with Crippen LogP contribution in [-0.2, 0) is 11.3 Å². The van der Waals surface area contributed by atoms with Crippen molar-refractivity contribution in [1.82, 2.24) is 25.2 Å². The molecule has 0 radical (unpaired) electrons. The van der Waals surface area contributed by atoms with Gasteiger partial charge in [0.1, 0.15) is 0 Å². The van der Waals surface area contributed by atoms with Crippen molar-refractivity contribution in [2.75, 3.05) is 6.54 Å². The molecule has 1 saturated heterocycles. The summed E-state index contributed by atoms with van der Waals surface area (Å²) in [6.07, 6.45) is 2.94. The lowest BCUT2D eigenvalue weighted by Gasteiger charge is -2.14. The first kappa shape index (κ1) is 12.1. The fourth-order valence-corrected chi connectivity index (χ4v) is 2.47. The van der Waals surface area contributed by atoms with Crippen molar-refractivity contribution in [3.8, 4) is 0 Å². The number of nitrogens with zero attached hydrogens (tertiary/aromatic N) is 3. The molecule has 2 unspecified atom stereocenters. The molecule has 0 spiro atoms. The summed E-state index contributed by atoms with van der Waals surface area (Å²) in [5.74, 6) is 1.17. The third-order valence-electron chi connectivity index (χ3n) is 3.62. The van der Waals surface area contributed by atoms with Crippen molar-refractivity contribution >= 4 is 11.6 Å². The van der Waals surface area contributed by atoms with E-state index < -0.39 is 0 Å². The zero-order chi connectivity index (χ0) is 13.2. The minimum absolute atomic E-state index is 0.0395. The Labute approximate surface area is 111 Å². The van der Waals surface area contributed by atoms with Gasteiger partial charge in [-0.3, -0.25) is 9.20 Å². The summed E-state index contributed by atoms with van der Waals surface area (Å²) in [6.45, 7) is 3.40. The molecule has 1 aliphatic heterocycles. The lowest BCUT2D eigenvalue weighted by molar-refractivity contribution is -0.123. The maximum atomic E-state index is 12.1. The van der Waals surface area contributed by atoms with E-state index in [9.17, 15) is 4.79 Å². The van der Waals surface area contributed by atoms with Crippen LogP contribution in [0.1, 0.15) is 19.2 Å². The molecule has 1 amide bonds. The molecular formula is C13H17N5O. The number of fused-ring (bicyclic) bond motifs is 1. The summed E-state index contributed by atoms with van der Waals surface area (Å²) in [5, 5.41) is 14.3. The van der Waals surface area contributed by atoms with Crippen molar-refractivity contribution in [2.45, 2.75) is 25.9 Å². The van der Waals surface area contributed by atoms with E-state index in [0.717, 1.165) is 24.4 Å². The summed E-state index contributed by atoms with van der Waals surface area (Å²) in [6, 6.07) is 5.64. The Hall–Kier alpha value is -1.95. The van der Waals surface area contributed by atoms with Crippen LogP contribution in [0.5, 0.6) is 0 Å². The van der Waals surface area contributed by atoms with Crippen LogP contribution in [-0.4, -0.2) is 33.1 Å². The van der Waals surface area contributed by atoms with Crippen molar-refractivity contribution < 1.29 is 4.79 Å². The molecular weight excluding hydrogens is 242 g/mol. The summed E-state index contributed by atoms with van der Waals surface area (Å²) in [5.41, 5.74) is 0.791. The van der Waals surface area contributed by atoms with Crippen LogP contribution in [0.4, 0.5) is 0 Å². The Kier molecular flexibility index (Phi) is 3.16. The van der Waals surface area contributed by atoms with Gasteiger partial charge in [0.2, 0.25) is 5.91 Å². The number of aromatic nitrogens is 3. The number of carbonyl (C=O) groups is 1.